The summed E-state index contributed by atoms with van der Waals surface area (Å²) in [5, 5.41) is 2.39. The molecule has 0 saturated heterocycles. The summed E-state index contributed by atoms with van der Waals surface area (Å²) in [4.78, 5) is 16.8. The second-order valence-corrected chi connectivity index (χ2v) is 14.6. The molecule has 55 heavy (non-hydrogen) atoms. The minimum absolute atomic E-state index is 0.697. The third-order valence-electron chi connectivity index (χ3n) is 10.1. The highest BCUT2D eigenvalue weighted by Gasteiger charge is 2.22. The number of aromatic nitrogens is 3. The van der Waals surface area contributed by atoms with Crippen LogP contribution in [-0.2, 0) is 0 Å². The van der Waals surface area contributed by atoms with Gasteiger partial charge in [0.1, 0.15) is 0 Å². The second kappa shape index (κ2) is 14.1. The lowest BCUT2D eigenvalue weighted by atomic mass is 9.94. The third-order valence-corrected chi connectivity index (χ3v) is 11.4. The van der Waals surface area contributed by atoms with Gasteiger partial charge in [0, 0.05) is 43.5 Å². The number of pyridine rings is 1. The zero-order valence-corrected chi connectivity index (χ0v) is 30.6. The minimum atomic E-state index is 0.697. The second-order valence-electron chi connectivity index (χ2n) is 13.6. The van der Waals surface area contributed by atoms with Gasteiger partial charge in [-0.15, -0.1) is 11.3 Å². The number of fused-ring (bicyclic) bond motifs is 3. The lowest BCUT2D eigenvalue weighted by Crippen LogP contribution is -1.96. The Balaban J connectivity index is 1.17. The molecular formula is C51H33N3S. The molecule has 0 radical (unpaired) electrons. The first-order valence-electron chi connectivity index (χ1n) is 18.4. The van der Waals surface area contributed by atoms with Crippen LogP contribution in [0.2, 0.25) is 0 Å². The highest BCUT2D eigenvalue weighted by atomic mass is 32.1. The van der Waals surface area contributed by atoms with Crippen molar-refractivity contribution < 1.29 is 0 Å². The number of para-hydroxylation sites is 1. The summed E-state index contributed by atoms with van der Waals surface area (Å²) in [6.07, 6.45) is 0. The van der Waals surface area contributed by atoms with Gasteiger partial charge in [-0.05, 0) is 40.5 Å². The van der Waals surface area contributed by atoms with Crippen molar-refractivity contribution in [3.8, 4) is 77.9 Å². The van der Waals surface area contributed by atoms with Crippen molar-refractivity contribution >= 4 is 32.3 Å². The van der Waals surface area contributed by atoms with Gasteiger partial charge in [-0.3, -0.25) is 0 Å². The predicted molar refractivity (Wildman–Crippen MR) is 231 cm³/mol. The van der Waals surface area contributed by atoms with Crippen molar-refractivity contribution in [3.05, 3.63) is 200 Å². The van der Waals surface area contributed by atoms with E-state index in [1.807, 2.05) is 35.6 Å². The molecule has 0 saturated carbocycles. The van der Waals surface area contributed by atoms with Crippen LogP contribution in [0.1, 0.15) is 0 Å². The van der Waals surface area contributed by atoms with Crippen LogP contribution in [0.25, 0.3) is 98.8 Å². The Bertz CT molecular complexity index is 2940. The Labute approximate surface area is 323 Å². The van der Waals surface area contributed by atoms with Crippen LogP contribution in [-0.4, -0.2) is 15.0 Å². The standard InChI is InChI=1S/C51H33N3S/c1-5-16-34(17-6-1)35-28-30-36(31-29-35)44-33-45(54-51(53-44)39-22-11-4-12-23-39)40-24-15-25-41(32-40)49-46(37-18-7-2-8-19-37)47-42-26-13-14-27-43(42)52-48(50(47)55-49)38-20-9-3-10-21-38/h1-33H. The van der Waals surface area contributed by atoms with E-state index in [0.29, 0.717) is 5.82 Å². The molecule has 10 aromatic rings. The van der Waals surface area contributed by atoms with Crippen LogP contribution in [0.15, 0.2) is 200 Å². The summed E-state index contributed by atoms with van der Waals surface area (Å²) in [7, 11) is 0. The van der Waals surface area contributed by atoms with Crippen LogP contribution in [0.5, 0.6) is 0 Å². The minimum Gasteiger partial charge on any atom is -0.246 e. The Morgan fingerprint density at radius 3 is 1.55 bits per heavy atom. The van der Waals surface area contributed by atoms with Crippen LogP contribution < -0.4 is 0 Å². The maximum atomic E-state index is 5.27. The van der Waals surface area contributed by atoms with Crippen LogP contribution in [0.4, 0.5) is 0 Å². The van der Waals surface area contributed by atoms with Crippen molar-refractivity contribution in [1.29, 1.82) is 0 Å². The largest absolute Gasteiger partial charge is 0.246 e. The third kappa shape index (κ3) is 6.19. The first-order chi connectivity index (χ1) is 27.3. The van der Waals surface area contributed by atoms with E-state index >= 15 is 0 Å². The Morgan fingerprint density at radius 2 is 0.855 bits per heavy atom. The summed E-state index contributed by atoms with van der Waals surface area (Å²) < 4.78 is 1.18. The van der Waals surface area contributed by atoms with Crippen molar-refractivity contribution in [1.82, 2.24) is 15.0 Å². The number of rotatable bonds is 7. The van der Waals surface area contributed by atoms with E-state index < -0.39 is 0 Å². The average Bonchev–Trinajstić information content (AvgIpc) is 3.69. The highest BCUT2D eigenvalue weighted by molar-refractivity contribution is 7.23. The normalized spacial score (nSPS) is 11.3. The van der Waals surface area contributed by atoms with E-state index in [-0.39, 0.29) is 0 Å². The SMILES string of the molecule is c1ccc(-c2ccc(-c3cc(-c4cccc(-c5sc6c(-c7ccccc7)nc7ccccc7c6c5-c5ccccc5)c4)nc(-c4ccccc4)n3)cc2)cc1. The molecule has 3 heterocycles. The first kappa shape index (κ1) is 32.6. The van der Waals surface area contributed by atoms with E-state index in [4.69, 9.17) is 15.0 Å². The number of benzene rings is 7. The Hall–Kier alpha value is -7.01. The molecule has 0 aliphatic heterocycles. The summed E-state index contributed by atoms with van der Waals surface area (Å²) in [5.74, 6) is 0.697. The molecule has 0 fully saturated rings. The van der Waals surface area contributed by atoms with Gasteiger partial charge in [-0.1, -0.05) is 182 Å². The molecule has 0 aliphatic rings. The van der Waals surface area contributed by atoms with Crippen LogP contribution in [0, 0.1) is 0 Å². The van der Waals surface area contributed by atoms with Crippen molar-refractivity contribution in [2.75, 3.05) is 0 Å². The molecule has 0 atom stereocenters. The van der Waals surface area contributed by atoms with Crippen LogP contribution >= 0.6 is 11.3 Å². The molecule has 3 aromatic heterocycles. The number of hydrogen-bond donors (Lipinski definition) is 0. The van der Waals surface area contributed by atoms with Crippen molar-refractivity contribution in [2.45, 2.75) is 0 Å². The molecule has 10 rings (SSSR count). The monoisotopic (exact) mass is 719 g/mol. The van der Waals surface area contributed by atoms with Crippen LogP contribution in [0.3, 0.4) is 0 Å². The maximum Gasteiger partial charge on any atom is 0.160 e. The molecule has 4 heteroatoms. The van der Waals surface area contributed by atoms with Crippen molar-refractivity contribution in [3.63, 3.8) is 0 Å². The lowest BCUT2D eigenvalue weighted by Gasteiger charge is -2.12. The summed E-state index contributed by atoms with van der Waals surface area (Å²) in [6.45, 7) is 0. The molecular weight excluding hydrogens is 687 g/mol. The van der Waals surface area contributed by atoms with Gasteiger partial charge in [0.2, 0.25) is 0 Å². The summed E-state index contributed by atoms with van der Waals surface area (Å²) >= 11 is 1.82. The van der Waals surface area contributed by atoms with Gasteiger partial charge in [-0.2, -0.15) is 0 Å². The highest BCUT2D eigenvalue weighted by Crippen LogP contribution is 2.50. The van der Waals surface area contributed by atoms with Gasteiger partial charge >= 0.3 is 0 Å². The fraction of sp³-hybridized carbons (Fsp3) is 0. The Morgan fingerprint density at radius 1 is 0.345 bits per heavy atom. The van der Waals surface area contributed by atoms with Gasteiger partial charge in [-0.25, -0.2) is 15.0 Å². The van der Waals surface area contributed by atoms with E-state index in [1.54, 1.807) is 0 Å². The molecule has 3 nitrogen and oxygen atoms in total. The predicted octanol–water partition coefficient (Wildman–Crippen LogP) is 13.9. The fourth-order valence-electron chi connectivity index (χ4n) is 7.43. The molecule has 258 valence electrons. The molecule has 0 amide bonds. The molecule has 0 spiro atoms. The summed E-state index contributed by atoms with van der Waals surface area (Å²) in [5.41, 5.74) is 13.8. The van der Waals surface area contributed by atoms with Gasteiger partial charge in [0.15, 0.2) is 5.82 Å². The van der Waals surface area contributed by atoms with E-state index in [2.05, 4.69) is 176 Å². The van der Waals surface area contributed by atoms with E-state index in [9.17, 15) is 0 Å². The summed E-state index contributed by atoms with van der Waals surface area (Å²) in [6, 6.07) is 70.2. The van der Waals surface area contributed by atoms with Gasteiger partial charge < -0.3 is 0 Å². The van der Waals surface area contributed by atoms with E-state index in [0.717, 1.165) is 55.8 Å². The zero-order valence-electron chi connectivity index (χ0n) is 29.8. The smallest absolute Gasteiger partial charge is 0.160 e. The van der Waals surface area contributed by atoms with Gasteiger partial charge in [0.05, 0.1) is 27.3 Å². The topological polar surface area (TPSA) is 38.7 Å². The fourth-order valence-corrected chi connectivity index (χ4v) is 8.77. The molecule has 7 aromatic carbocycles. The van der Waals surface area contributed by atoms with Gasteiger partial charge in [0.25, 0.3) is 0 Å². The zero-order chi connectivity index (χ0) is 36.6. The lowest BCUT2D eigenvalue weighted by molar-refractivity contribution is 1.18. The maximum absolute atomic E-state index is 5.27. The molecule has 0 unspecified atom stereocenters. The van der Waals surface area contributed by atoms with Crippen molar-refractivity contribution in [2.24, 2.45) is 0 Å². The molecule has 0 bridgehead atoms. The number of hydrogen-bond acceptors (Lipinski definition) is 4. The quantitative estimate of drug-likeness (QED) is 0.165. The average molecular weight is 720 g/mol. The Kier molecular flexibility index (Phi) is 8.36. The molecule has 0 N–H and O–H groups in total. The number of nitrogens with zero attached hydrogens (tertiary/aromatic N) is 3. The molecule has 0 aliphatic carbocycles. The number of thiophene rings is 1. The first-order valence-corrected chi connectivity index (χ1v) is 19.3. The van der Waals surface area contributed by atoms with E-state index in [1.165, 1.54) is 37.2 Å².